The lowest BCUT2D eigenvalue weighted by atomic mass is 10.1. The number of anilines is 1. The van der Waals surface area contributed by atoms with E-state index in [-0.39, 0.29) is 0 Å². The minimum atomic E-state index is 1.11. The summed E-state index contributed by atoms with van der Waals surface area (Å²) in [5.74, 6) is 0. The van der Waals surface area contributed by atoms with Gasteiger partial charge in [0.25, 0.3) is 0 Å². The van der Waals surface area contributed by atoms with Crippen molar-refractivity contribution in [2.45, 2.75) is 12.8 Å². The Bertz CT molecular complexity index is 500. The smallest absolute Gasteiger partial charge is 0.0912 e. The third-order valence-corrected chi connectivity index (χ3v) is 4.78. The van der Waals surface area contributed by atoms with Crippen molar-refractivity contribution in [3.63, 3.8) is 0 Å². The van der Waals surface area contributed by atoms with Gasteiger partial charge in [-0.15, -0.1) is 11.3 Å². The van der Waals surface area contributed by atoms with Gasteiger partial charge in [0.1, 0.15) is 0 Å². The molecule has 1 aliphatic heterocycles. The number of nitrogens with one attached hydrogen (secondary N) is 1. The number of hydrogen-bond acceptors (Lipinski definition) is 3. The highest BCUT2D eigenvalue weighted by molar-refractivity contribution is 7.16. The zero-order valence-electron chi connectivity index (χ0n) is 11.1. The molecule has 0 saturated carbocycles. The molecule has 1 aromatic carbocycles. The van der Waals surface area contributed by atoms with E-state index in [0.29, 0.717) is 0 Å². The van der Waals surface area contributed by atoms with Crippen LogP contribution in [0.15, 0.2) is 42.5 Å². The molecule has 1 N–H and O–H groups in total. The van der Waals surface area contributed by atoms with E-state index < -0.39 is 0 Å². The lowest BCUT2D eigenvalue weighted by Crippen LogP contribution is -2.43. The third-order valence-electron chi connectivity index (χ3n) is 3.58. The van der Waals surface area contributed by atoms with Crippen molar-refractivity contribution in [1.82, 2.24) is 5.32 Å². The highest BCUT2D eigenvalue weighted by atomic mass is 32.1. The maximum absolute atomic E-state index is 3.40. The van der Waals surface area contributed by atoms with E-state index >= 15 is 0 Å². The van der Waals surface area contributed by atoms with Crippen molar-refractivity contribution in [1.29, 1.82) is 0 Å². The van der Waals surface area contributed by atoms with Crippen molar-refractivity contribution >= 4 is 16.3 Å². The first kappa shape index (κ1) is 12.7. The van der Waals surface area contributed by atoms with Crippen LogP contribution in [0.5, 0.6) is 0 Å². The van der Waals surface area contributed by atoms with Crippen LogP contribution in [0.2, 0.25) is 0 Å². The number of benzene rings is 1. The van der Waals surface area contributed by atoms with E-state index in [2.05, 4.69) is 52.7 Å². The van der Waals surface area contributed by atoms with Crippen molar-refractivity contribution in [3.8, 4) is 0 Å². The van der Waals surface area contributed by atoms with Crippen LogP contribution in [0.1, 0.15) is 10.4 Å². The van der Waals surface area contributed by atoms with Crippen molar-refractivity contribution < 1.29 is 0 Å². The Morgan fingerprint density at radius 1 is 0.947 bits per heavy atom. The van der Waals surface area contributed by atoms with Crippen LogP contribution in [-0.4, -0.2) is 26.2 Å². The molecule has 3 heteroatoms. The van der Waals surface area contributed by atoms with Gasteiger partial charge in [0, 0.05) is 31.1 Å². The molecule has 1 aliphatic rings. The SMILES string of the molecule is c1ccc(CCc2ccc(N3CCNCC3)s2)cc1. The highest BCUT2D eigenvalue weighted by Crippen LogP contribution is 2.27. The molecule has 0 bridgehead atoms. The summed E-state index contributed by atoms with van der Waals surface area (Å²) in [4.78, 5) is 3.99. The monoisotopic (exact) mass is 272 g/mol. The lowest BCUT2D eigenvalue weighted by molar-refractivity contribution is 0.592. The molecule has 2 heterocycles. The maximum Gasteiger partial charge on any atom is 0.0912 e. The summed E-state index contributed by atoms with van der Waals surface area (Å²) in [5, 5.41) is 4.84. The van der Waals surface area contributed by atoms with Crippen LogP contribution >= 0.6 is 11.3 Å². The van der Waals surface area contributed by atoms with Gasteiger partial charge in [-0.05, 0) is 30.5 Å². The zero-order chi connectivity index (χ0) is 12.9. The Labute approximate surface area is 119 Å². The second kappa shape index (κ2) is 6.22. The normalized spacial score (nSPS) is 15.7. The minimum Gasteiger partial charge on any atom is -0.361 e. The topological polar surface area (TPSA) is 15.3 Å². The van der Waals surface area contributed by atoms with E-state index in [0.717, 1.165) is 39.0 Å². The standard InChI is InChI=1S/C16H20N2S/c1-2-4-14(5-3-1)6-7-15-8-9-16(19-15)18-12-10-17-11-13-18/h1-5,8-9,17H,6-7,10-13H2. The Morgan fingerprint density at radius 2 is 1.74 bits per heavy atom. The van der Waals surface area contributed by atoms with Crippen LogP contribution in [0, 0.1) is 0 Å². The molecule has 100 valence electrons. The fourth-order valence-corrected chi connectivity index (χ4v) is 3.52. The summed E-state index contributed by atoms with van der Waals surface area (Å²) < 4.78 is 0. The molecule has 1 fully saturated rings. The molecule has 2 aromatic rings. The van der Waals surface area contributed by atoms with Crippen molar-refractivity contribution in [3.05, 3.63) is 52.9 Å². The molecule has 19 heavy (non-hydrogen) atoms. The summed E-state index contributed by atoms with van der Waals surface area (Å²) in [6, 6.07) is 15.3. The van der Waals surface area contributed by atoms with Gasteiger partial charge in [-0.2, -0.15) is 0 Å². The number of aryl methyl sites for hydroxylation is 2. The first-order valence-corrected chi connectivity index (χ1v) is 7.82. The average Bonchev–Trinajstić information content (AvgIpc) is 2.96. The minimum absolute atomic E-state index is 1.11. The lowest BCUT2D eigenvalue weighted by Gasteiger charge is -2.27. The molecule has 0 atom stereocenters. The average molecular weight is 272 g/mol. The number of thiophene rings is 1. The Balaban J connectivity index is 1.58. The van der Waals surface area contributed by atoms with E-state index in [1.807, 2.05) is 11.3 Å². The van der Waals surface area contributed by atoms with Gasteiger partial charge in [0.05, 0.1) is 5.00 Å². The van der Waals surface area contributed by atoms with Crippen molar-refractivity contribution in [2.24, 2.45) is 0 Å². The van der Waals surface area contributed by atoms with Crippen molar-refractivity contribution in [2.75, 3.05) is 31.1 Å². The molecule has 1 aromatic heterocycles. The Morgan fingerprint density at radius 3 is 2.53 bits per heavy atom. The Kier molecular flexibility index (Phi) is 4.16. The third kappa shape index (κ3) is 3.37. The van der Waals surface area contributed by atoms with E-state index in [4.69, 9.17) is 0 Å². The largest absolute Gasteiger partial charge is 0.361 e. The molecular weight excluding hydrogens is 252 g/mol. The Hall–Kier alpha value is -1.32. The van der Waals surface area contributed by atoms with Gasteiger partial charge in [-0.1, -0.05) is 30.3 Å². The second-order valence-corrected chi connectivity index (χ2v) is 6.11. The molecule has 0 unspecified atom stereocenters. The molecule has 3 rings (SSSR count). The van der Waals surface area contributed by atoms with Gasteiger partial charge in [-0.25, -0.2) is 0 Å². The first-order chi connectivity index (χ1) is 9.42. The summed E-state index contributed by atoms with van der Waals surface area (Å²) in [6.07, 6.45) is 2.29. The molecule has 1 saturated heterocycles. The fourth-order valence-electron chi connectivity index (χ4n) is 2.47. The highest BCUT2D eigenvalue weighted by Gasteiger charge is 2.12. The van der Waals surface area contributed by atoms with Gasteiger partial charge in [0.15, 0.2) is 0 Å². The number of piperazine rings is 1. The van der Waals surface area contributed by atoms with E-state index in [9.17, 15) is 0 Å². The summed E-state index contributed by atoms with van der Waals surface area (Å²) in [6.45, 7) is 4.49. The maximum atomic E-state index is 3.40. The number of rotatable bonds is 4. The zero-order valence-corrected chi connectivity index (χ0v) is 12.0. The van der Waals surface area contributed by atoms with E-state index in [1.165, 1.54) is 15.4 Å². The quantitative estimate of drug-likeness (QED) is 0.920. The molecule has 0 spiro atoms. The second-order valence-electron chi connectivity index (χ2n) is 4.96. The van der Waals surface area contributed by atoms with Gasteiger partial charge < -0.3 is 10.2 Å². The van der Waals surface area contributed by atoms with Crippen LogP contribution in [0.4, 0.5) is 5.00 Å². The molecule has 0 radical (unpaired) electrons. The predicted molar refractivity (Wildman–Crippen MR) is 83.3 cm³/mol. The van der Waals surface area contributed by atoms with Crippen LogP contribution in [-0.2, 0) is 12.8 Å². The van der Waals surface area contributed by atoms with Crippen LogP contribution in [0.25, 0.3) is 0 Å². The van der Waals surface area contributed by atoms with Gasteiger partial charge in [0.2, 0.25) is 0 Å². The number of nitrogens with zero attached hydrogens (tertiary/aromatic N) is 1. The van der Waals surface area contributed by atoms with Gasteiger partial charge >= 0.3 is 0 Å². The van der Waals surface area contributed by atoms with Crippen LogP contribution < -0.4 is 10.2 Å². The number of hydrogen-bond donors (Lipinski definition) is 1. The molecular formula is C16H20N2S. The first-order valence-electron chi connectivity index (χ1n) is 7.00. The fraction of sp³-hybridized carbons (Fsp3) is 0.375. The summed E-state index contributed by atoms with van der Waals surface area (Å²) in [7, 11) is 0. The molecule has 2 nitrogen and oxygen atoms in total. The van der Waals surface area contributed by atoms with Crippen LogP contribution in [0.3, 0.4) is 0 Å². The predicted octanol–water partition coefficient (Wildman–Crippen LogP) is 2.94. The molecule has 0 aliphatic carbocycles. The summed E-state index contributed by atoms with van der Waals surface area (Å²) >= 11 is 1.96. The van der Waals surface area contributed by atoms with E-state index in [1.54, 1.807) is 0 Å². The molecule has 0 amide bonds. The van der Waals surface area contributed by atoms with Gasteiger partial charge in [-0.3, -0.25) is 0 Å². The summed E-state index contributed by atoms with van der Waals surface area (Å²) in [5.41, 5.74) is 1.43.